The molecule has 1 rings (SSSR count). The lowest BCUT2D eigenvalue weighted by atomic mass is 9.90. The smallest absolute Gasteiger partial charge is 0.367 e. The largest absolute Gasteiger partial charge is 0.369 e. The average Bonchev–Trinajstić information content (AvgIpc) is 2.57. The third-order valence-corrected chi connectivity index (χ3v) is 1.99. The molecular weight excluding hydrogens is 182 g/mol. The number of nitrogens with two attached hydrogens (primary N) is 1. The fraction of sp³-hybridized carbons (Fsp3) is 0.556. The standard InChI is InChI=1S/C6H13NO.C3H2N2O/c1-4-6(2,3)5(7)8;6-3-4-1-2-5-3/h4H2,1-3H3,(H2,7,8);1-2H. The lowest BCUT2D eigenvalue weighted by Crippen LogP contribution is -2.30. The van der Waals surface area contributed by atoms with Gasteiger partial charge in [0, 0.05) is 5.41 Å². The monoisotopic (exact) mass is 197 g/mol. The molecule has 14 heavy (non-hydrogen) atoms. The number of primary amides is 1. The van der Waals surface area contributed by atoms with E-state index in [0.29, 0.717) is 0 Å². The molecule has 5 heteroatoms. The predicted octanol–water partition coefficient (Wildman–Crippen LogP) is 1.17. The van der Waals surface area contributed by atoms with Crippen LogP contribution in [0.1, 0.15) is 27.2 Å². The topological polar surface area (TPSA) is 84.9 Å². The molecule has 0 aromatic heterocycles. The van der Waals surface area contributed by atoms with Crippen LogP contribution in [-0.4, -0.2) is 24.4 Å². The molecule has 0 fully saturated rings. The molecule has 1 heterocycles. The summed E-state index contributed by atoms with van der Waals surface area (Å²) in [5.74, 6) is -0.222. The number of amides is 3. The van der Waals surface area contributed by atoms with Gasteiger partial charge in [-0.05, 0) is 6.42 Å². The van der Waals surface area contributed by atoms with Gasteiger partial charge in [0.1, 0.15) is 0 Å². The second-order valence-corrected chi connectivity index (χ2v) is 3.44. The summed E-state index contributed by atoms with van der Waals surface area (Å²) < 4.78 is 0. The number of rotatable bonds is 2. The van der Waals surface area contributed by atoms with Crippen LogP contribution in [0.5, 0.6) is 0 Å². The molecule has 0 saturated carbocycles. The minimum Gasteiger partial charge on any atom is -0.369 e. The Morgan fingerprint density at radius 1 is 1.43 bits per heavy atom. The van der Waals surface area contributed by atoms with E-state index in [1.165, 1.54) is 12.4 Å². The van der Waals surface area contributed by atoms with Crippen molar-refractivity contribution >= 4 is 24.4 Å². The fourth-order valence-corrected chi connectivity index (χ4v) is 0.402. The van der Waals surface area contributed by atoms with Gasteiger partial charge in [-0.1, -0.05) is 20.8 Å². The number of hydrogen-bond donors (Lipinski definition) is 1. The highest BCUT2D eigenvalue weighted by Crippen LogP contribution is 2.17. The molecule has 3 amide bonds. The van der Waals surface area contributed by atoms with Crippen molar-refractivity contribution in [3.8, 4) is 0 Å². The Hall–Kier alpha value is -1.52. The first kappa shape index (κ1) is 12.5. The van der Waals surface area contributed by atoms with Crippen LogP contribution in [0.2, 0.25) is 0 Å². The molecule has 1 aliphatic heterocycles. The molecule has 78 valence electrons. The summed E-state index contributed by atoms with van der Waals surface area (Å²) in [6.45, 7) is 5.63. The maximum absolute atomic E-state index is 10.5. The van der Waals surface area contributed by atoms with Crippen LogP contribution >= 0.6 is 0 Å². The van der Waals surface area contributed by atoms with Gasteiger partial charge in [0.05, 0.1) is 12.4 Å². The van der Waals surface area contributed by atoms with Crippen LogP contribution in [0.3, 0.4) is 0 Å². The van der Waals surface area contributed by atoms with Gasteiger partial charge in [-0.15, -0.1) is 0 Å². The summed E-state index contributed by atoms with van der Waals surface area (Å²) in [4.78, 5) is 26.8. The van der Waals surface area contributed by atoms with Gasteiger partial charge in [-0.3, -0.25) is 4.79 Å². The van der Waals surface area contributed by atoms with E-state index in [-0.39, 0.29) is 11.3 Å². The predicted molar refractivity (Wildman–Crippen MR) is 55.6 cm³/mol. The second-order valence-electron chi connectivity index (χ2n) is 3.44. The Morgan fingerprint density at radius 3 is 1.93 bits per heavy atom. The first-order valence-electron chi connectivity index (χ1n) is 4.30. The highest BCUT2D eigenvalue weighted by molar-refractivity contribution is 6.25. The molecule has 1 aliphatic rings. The number of hydrogen-bond acceptors (Lipinski definition) is 2. The lowest BCUT2D eigenvalue weighted by molar-refractivity contribution is -0.126. The maximum atomic E-state index is 10.5. The van der Waals surface area contributed by atoms with Crippen molar-refractivity contribution in [2.75, 3.05) is 0 Å². The van der Waals surface area contributed by atoms with E-state index in [9.17, 15) is 9.59 Å². The van der Waals surface area contributed by atoms with E-state index in [4.69, 9.17) is 5.73 Å². The van der Waals surface area contributed by atoms with Crippen molar-refractivity contribution in [2.45, 2.75) is 27.2 Å². The molecule has 2 N–H and O–H groups in total. The number of carbonyl (C=O) groups excluding carboxylic acids is 2. The molecule has 0 aromatic carbocycles. The molecule has 0 saturated heterocycles. The number of carbonyl (C=O) groups is 2. The number of nitrogens with zero attached hydrogens (tertiary/aromatic N) is 2. The van der Waals surface area contributed by atoms with Gasteiger partial charge in [0.2, 0.25) is 5.91 Å². The van der Waals surface area contributed by atoms with E-state index < -0.39 is 6.03 Å². The maximum Gasteiger partial charge on any atom is 0.367 e. The third-order valence-electron chi connectivity index (χ3n) is 1.99. The summed E-state index contributed by atoms with van der Waals surface area (Å²) in [6, 6.07) is -0.407. The third kappa shape index (κ3) is 4.49. The molecule has 0 unspecified atom stereocenters. The Balaban J connectivity index is 0.000000249. The van der Waals surface area contributed by atoms with Crippen molar-refractivity contribution < 1.29 is 9.59 Å². The zero-order valence-electron chi connectivity index (χ0n) is 8.65. The molecule has 5 nitrogen and oxygen atoms in total. The van der Waals surface area contributed by atoms with Crippen molar-refractivity contribution in [1.82, 2.24) is 0 Å². The number of aliphatic imine (C=N–C) groups is 2. The minimum absolute atomic E-state index is 0.222. The van der Waals surface area contributed by atoms with Gasteiger partial charge in [0.25, 0.3) is 0 Å². The Bertz CT molecular complexity index is 266. The van der Waals surface area contributed by atoms with Crippen molar-refractivity contribution in [1.29, 1.82) is 0 Å². The minimum atomic E-state index is -0.407. The average molecular weight is 197 g/mol. The summed E-state index contributed by atoms with van der Waals surface area (Å²) >= 11 is 0. The second kappa shape index (κ2) is 5.26. The summed E-state index contributed by atoms with van der Waals surface area (Å²) in [5, 5.41) is 0. The van der Waals surface area contributed by atoms with Crippen LogP contribution in [0.15, 0.2) is 9.98 Å². The van der Waals surface area contributed by atoms with Crippen molar-refractivity contribution in [2.24, 2.45) is 21.1 Å². The van der Waals surface area contributed by atoms with Crippen LogP contribution in [0.25, 0.3) is 0 Å². The van der Waals surface area contributed by atoms with E-state index in [1.54, 1.807) is 0 Å². The van der Waals surface area contributed by atoms with Gasteiger partial charge < -0.3 is 5.73 Å². The highest BCUT2D eigenvalue weighted by atomic mass is 16.2. The normalized spacial score (nSPS) is 13.8. The quantitative estimate of drug-likeness (QED) is 0.720. The summed E-state index contributed by atoms with van der Waals surface area (Å²) in [7, 11) is 0. The fourth-order valence-electron chi connectivity index (χ4n) is 0.402. The van der Waals surface area contributed by atoms with E-state index in [0.717, 1.165) is 6.42 Å². The molecule has 0 radical (unpaired) electrons. The molecule has 0 bridgehead atoms. The van der Waals surface area contributed by atoms with Gasteiger partial charge in [0.15, 0.2) is 0 Å². The van der Waals surface area contributed by atoms with E-state index >= 15 is 0 Å². The van der Waals surface area contributed by atoms with E-state index in [1.807, 2.05) is 20.8 Å². The van der Waals surface area contributed by atoms with Crippen LogP contribution < -0.4 is 5.73 Å². The zero-order valence-corrected chi connectivity index (χ0v) is 8.65. The number of urea groups is 1. The highest BCUT2D eigenvalue weighted by Gasteiger charge is 2.21. The van der Waals surface area contributed by atoms with Crippen molar-refractivity contribution in [3.63, 3.8) is 0 Å². The molecule has 0 aliphatic carbocycles. The molecule has 0 aromatic rings. The van der Waals surface area contributed by atoms with Crippen molar-refractivity contribution in [3.05, 3.63) is 0 Å². The Morgan fingerprint density at radius 2 is 1.86 bits per heavy atom. The van der Waals surface area contributed by atoms with Gasteiger partial charge in [-0.2, -0.15) is 9.98 Å². The molecule has 0 atom stereocenters. The van der Waals surface area contributed by atoms with Crippen LogP contribution in [-0.2, 0) is 4.79 Å². The molecular formula is C9H15N3O2. The lowest BCUT2D eigenvalue weighted by Gasteiger charge is -2.16. The summed E-state index contributed by atoms with van der Waals surface area (Å²) in [6.07, 6.45) is 3.53. The first-order chi connectivity index (χ1) is 6.40. The van der Waals surface area contributed by atoms with Gasteiger partial charge >= 0.3 is 6.03 Å². The SMILES string of the molecule is CCC(C)(C)C(N)=O.O=C1N=CC=N1. The van der Waals surface area contributed by atoms with E-state index in [2.05, 4.69) is 9.98 Å². The van der Waals surface area contributed by atoms with Crippen LogP contribution in [0, 0.1) is 5.41 Å². The Labute approximate surface area is 83.1 Å². The van der Waals surface area contributed by atoms with Gasteiger partial charge in [-0.25, -0.2) is 4.79 Å². The summed E-state index contributed by atoms with van der Waals surface area (Å²) in [5.41, 5.74) is 4.72. The first-order valence-corrected chi connectivity index (χ1v) is 4.30. The zero-order chi connectivity index (χ0) is 11.2. The molecule has 0 spiro atoms. The van der Waals surface area contributed by atoms with Crippen LogP contribution in [0.4, 0.5) is 4.79 Å². The Kier molecular flexibility index (Phi) is 4.69.